The van der Waals surface area contributed by atoms with E-state index in [0.717, 1.165) is 19.5 Å². The molecule has 154 valence electrons. The summed E-state index contributed by atoms with van der Waals surface area (Å²) in [5.74, 6) is -0.641. The molecule has 2 N–H and O–H groups in total. The first-order valence-corrected chi connectivity index (χ1v) is 9.86. The lowest BCUT2D eigenvalue weighted by Gasteiger charge is -2.29. The van der Waals surface area contributed by atoms with Crippen LogP contribution in [-0.2, 0) is 9.59 Å². The maximum absolute atomic E-state index is 12.9. The van der Waals surface area contributed by atoms with E-state index in [0.29, 0.717) is 5.92 Å². The van der Waals surface area contributed by atoms with Gasteiger partial charge in [-0.25, -0.2) is 4.98 Å². The van der Waals surface area contributed by atoms with E-state index < -0.39 is 18.0 Å². The van der Waals surface area contributed by atoms with Gasteiger partial charge in [-0.15, -0.1) is 0 Å². The van der Waals surface area contributed by atoms with E-state index in [9.17, 15) is 14.4 Å². The highest BCUT2D eigenvalue weighted by Crippen LogP contribution is 2.18. The fraction of sp³-hybridized carbons (Fsp3) is 0.650. The van der Waals surface area contributed by atoms with Gasteiger partial charge in [-0.1, -0.05) is 34.6 Å². The largest absolute Gasteiger partial charge is 0.342 e. The highest BCUT2D eigenvalue weighted by molar-refractivity contribution is 5.97. The van der Waals surface area contributed by atoms with Gasteiger partial charge >= 0.3 is 0 Å². The molecule has 0 saturated carbocycles. The van der Waals surface area contributed by atoms with E-state index in [1.54, 1.807) is 0 Å². The van der Waals surface area contributed by atoms with Crippen LogP contribution in [0.3, 0.4) is 0 Å². The minimum Gasteiger partial charge on any atom is -0.342 e. The summed E-state index contributed by atoms with van der Waals surface area (Å²) in [7, 11) is 0. The number of carbonyl (C=O) groups excluding carboxylic acids is 3. The lowest BCUT2D eigenvalue weighted by molar-refractivity contribution is -0.137. The van der Waals surface area contributed by atoms with Crippen molar-refractivity contribution in [2.24, 2.45) is 17.8 Å². The Hall–Kier alpha value is -2.51. The van der Waals surface area contributed by atoms with Gasteiger partial charge in [0.15, 0.2) is 0 Å². The Morgan fingerprint density at radius 3 is 2.25 bits per heavy atom. The van der Waals surface area contributed by atoms with Gasteiger partial charge in [0, 0.05) is 25.5 Å². The van der Waals surface area contributed by atoms with Crippen LogP contribution in [0.5, 0.6) is 0 Å². The Balaban J connectivity index is 2.08. The zero-order chi connectivity index (χ0) is 20.8. The molecule has 1 fully saturated rings. The molecule has 0 aliphatic carbocycles. The number of rotatable bonds is 7. The van der Waals surface area contributed by atoms with Gasteiger partial charge < -0.3 is 15.5 Å². The number of hydrogen-bond acceptors (Lipinski definition) is 5. The number of nitrogens with zero attached hydrogens (tertiary/aromatic N) is 3. The van der Waals surface area contributed by atoms with Gasteiger partial charge in [0.25, 0.3) is 5.91 Å². The molecule has 1 aliphatic rings. The third kappa shape index (κ3) is 5.50. The second kappa shape index (κ2) is 9.61. The molecule has 0 spiro atoms. The number of nitrogens with one attached hydrogen (secondary N) is 2. The minimum atomic E-state index is -0.777. The van der Waals surface area contributed by atoms with Crippen molar-refractivity contribution in [1.82, 2.24) is 25.5 Å². The number of amides is 3. The number of hydrogen-bond donors (Lipinski definition) is 2. The number of aromatic nitrogens is 2. The van der Waals surface area contributed by atoms with Gasteiger partial charge in [0.1, 0.15) is 17.8 Å². The van der Waals surface area contributed by atoms with Crippen LogP contribution in [0.15, 0.2) is 18.6 Å². The van der Waals surface area contributed by atoms with Crippen molar-refractivity contribution in [3.8, 4) is 0 Å². The van der Waals surface area contributed by atoms with Crippen LogP contribution in [0.2, 0.25) is 0 Å². The lowest BCUT2D eigenvalue weighted by Crippen LogP contribution is -2.57. The van der Waals surface area contributed by atoms with Crippen molar-refractivity contribution in [2.75, 3.05) is 13.1 Å². The highest BCUT2D eigenvalue weighted by atomic mass is 16.2. The molecule has 0 unspecified atom stereocenters. The van der Waals surface area contributed by atoms with Crippen LogP contribution in [0.25, 0.3) is 0 Å². The van der Waals surface area contributed by atoms with Gasteiger partial charge in [-0.3, -0.25) is 19.4 Å². The summed E-state index contributed by atoms with van der Waals surface area (Å²) in [6.45, 7) is 11.1. The maximum Gasteiger partial charge on any atom is 0.272 e. The molecule has 28 heavy (non-hydrogen) atoms. The third-order valence-electron chi connectivity index (χ3n) is 5.00. The zero-order valence-electron chi connectivity index (χ0n) is 17.3. The normalized spacial score (nSPS) is 18.8. The Morgan fingerprint density at radius 1 is 1.07 bits per heavy atom. The fourth-order valence-corrected chi connectivity index (χ4v) is 3.25. The molecule has 1 aliphatic heterocycles. The summed E-state index contributed by atoms with van der Waals surface area (Å²) in [6, 6.07) is -1.39. The average molecular weight is 390 g/mol. The summed E-state index contributed by atoms with van der Waals surface area (Å²) >= 11 is 0. The lowest BCUT2D eigenvalue weighted by atomic mass is 9.99. The van der Waals surface area contributed by atoms with Crippen LogP contribution < -0.4 is 10.6 Å². The van der Waals surface area contributed by atoms with Crippen molar-refractivity contribution in [3.63, 3.8) is 0 Å². The first-order valence-electron chi connectivity index (χ1n) is 9.86. The molecule has 2 heterocycles. The first kappa shape index (κ1) is 21.8. The molecule has 0 radical (unpaired) electrons. The maximum atomic E-state index is 12.9. The SMILES string of the molecule is CC(C)[C@H](NC(=O)c1cnccn1)C(=O)N[C@H](C(=O)N1CC[C@H](C)C1)C(C)C. The van der Waals surface area contributed by atoms with Gasteiger partial charge in [0.2, 0.25) is 11.8 Å². The van der Waals surface area contributed by atoms with Crippen molar-refractivity contribution in [1.29, 1.82) is 0 Å². The van der Waals surface area contributed by atoms with Crippen LogP contribution in [0.1, 0.15) is 51.5 Å². The van der Waals surface area contributed by atoms with Crippen LogP contribution >= 0.6 is 0 Å². The molecule has 0 aromatic carbocycles. The average Bonchev–Trinajstić information content (AvgIpc) is 3.09. The van der Waals surface area contributed by atoms with Crippen LogP contribution in [-0.4, -0.2) is 57.8 Å². The Morgan fingerprint density at radius 2 is 1.75 bits per heavy atom. The summed E-state index contributed by atoms with van der Waals surface area (Å²) in [6.07, 6.45) is 5.22. The monoisotopic (exact) mass is 389 g/mol. The zero-order valence-corrected chi connectivity index (χ0v) is 17.3. The predicted molar refractivity (Wildman–Crippen MR) is 105 cm³/mol. The molecule has 8 nitrogen and oxygen atoms in total. The Kier molecular flexibility index (Phi) is 7.48. The fourth-order valence-electron chi connectivity index (χ4n) is 3.25. The predicted octanol–water partition coefficient (Wildman–Crippen LogP) is 1.24. The molecule has 0 bridgehead atoms. The van der Waals surface area contributed by atoms with E-state index in [-0.39, 0.29) is 29.3 Å². The Bertz CT molecular complexity index is 692. The molecular formula is C20H31N5O3. The van der Waals surface area contributed by atoms with Crippen molar-refractivity contribution in [2.45, 2.75) is 53.1 Å². The van der Waals surface area contributed by atoms with Gasteiger partial charge in [-0.2, -0.15) is 0 Å². The summed E-state index contributed by atoms with van der Waals surface area (Å²) in [5, 5.41) is 5.58. The summed E-state index contributed by atoms with van der Waals surface area (Å²) < 4.78 is 0. The molecule has 8 heteroatoms. The smallest absolute Gasteiger partial charge is 0.272 e. The standard InChI is InChI=1S/C20H31N5O3/c1-12(2)16(23-18(26)15-10-21-7-8-22-15)19(27)24-17(13(3)4)20(28)25-9-6-14(5)11-25/h7-8,10,12-14,16-17H,6,9,11H2,1-5H3,(H,23,26)(H,24,27)/t14-,16-,17-/m0/s1. The van der Waals surface area contributed by atoms with E-state index >= 15 is 0 Å². The quantitative estimate of drug-likeness (QED) is 0.730. The molecular weight excluding hydrogens is 358 g/mol. The molecule has 3 atom stereocenters. The van der Waals surface area contributed by atoms with Gasteiger partial charge in [-0.05, 0) is 24.2 Å². The molecule has 1 aromatic rings. The number of likely N-dealkylation sites (tertiary alicyclic amines) is 1. The van der Waals surface area contributed by atoms with Crippen molar-refractivity contribution in [3.05, 3.63) is 24.3 Å². The summed E-state index contributed by atoms with van der Waals surface area (Å²) in [4.78, 5) is 47.9. The highest BCUT2D eigenvalue weighted by Gasteiger charge is 2.34. The molecule has 3 amide bonds. The van der Waals surface area contributed by atoms with Crippen LogP contribution in [0.4, 0.5) is 0 Å². The van der Waals surface area contributed by atoms with E-state index in [1.807, 2.05) is 32.6 Å². The van der Waals surface area contributed by atoms with E-state index in [2.05, 4.69) is 27.5 Å². The Labute approximate surface area is 166 Å². The topological polar surface area (TPSA) is 104 Å². The second-order valence-corrected chi connectivity index (χ2v) is 8.19. The van der Waals surface area contributed by atoms with E-state index in [4.69, 9.17) is 0 Å². The van der Waals surface area contributed by atoms with Gasteiger partial charge in [0.05, 0.1) is 6.20 Å². The minimum absolute atomic E-state index is 0.0594. The first-order chi connectivity index (χ1) is 13.2. The molecule has 2 rings (SSSR count). The van der Waals surface area contributed by atoms with Crippen molar-refractivity contribution < 1.29 is 14.4 Å². The third-order valence-corrected chi connectivity index (χ3v) is 5.00. The molecule has 1 saturated heterocycles. The second-order valence-electron chi connectivity index (χ2n) is 8.19. The van der Waals surface area contributed by atoms with E-state index in [1.165, 1.54) is 18.6 Å². The van der Waals surface area contributed by atoms with Crippen molar-refractivity contribution >= 4 is 17.7 Å². The molecule has 1 aromatic heterocycles. The number of carbonyl (C=O) groups is 3. The summed E-state index contributed by atoms with van der Waals surface area (Å²) in [5.41, 5.74) is 0.142. The van der Waals surface area contributed by atoms with Crippen LogP contribution in [0, 0.1) is 17.8 Å².